The molecule has 2 aromatic rings. The van der Waals surface area contributed by atoms with Gasteiger partial charge >= 0.3 is 0 Å². The zero-order valence-electron chi connectivity index (χ0n) is 12.4. The van der Waals surface area contributed by atoms with Gasteiger partial charge in [0, 0.05) is 0 Å². The molecule has 0 aliphatic rings. The fourth-order valence-corrected chi connectivity index (χ4v) is 1.97. The zero-order valence-corrected chi connectivity index (χ0v) is 13.1. The number of hydrogen-bond donors (Lipinski definition) is 2. The van der Waals surface area contributed by atoms with Crippen LogP contribution in [-0.2, 0) is 6.61 Å². The van der Waals surface area contributed by atoms with Gasteiger partial charge in [-0.2, -0.15) is 0 Å². The van der Waals surface area contributed by atoms with E-state index in [4.69, 9.17) is 25.9 Å². The molecule has 1 aromatic heterocycles. The number of nitrogens with one attached hydrogen (secondary N) is 1. The molecule has 124 valence electrons. The monoisotopic (exact) mass is 342 g/mol. The maximum Gasteiger partial charge on any atom is 0.273 e. The molecule has 0 fully saturated rings. The number of ether oxygens (including phenoxy) is 1. The Morgan fingerprint density at radius 3 is 3.00 bits per heavy atom. The fourth-order valence-electron chi connectivity index (χ4n) is 1.75. The van der Waals surface area contributed by atoms with Gasteiger partial charge in [0.15, 0.2) is 12.3 Å². The molecule has 0 saturated carbocycles. The second kappa shape index (κ2) is 7.94. The molecular formula is C15H16ClFN2O4. The van der Waals surface area contributed by atoms with E-state index in [1.165, 1.54) is 18.4 Å². The molecule has 2 rings (SSSR count). The minimum Gasteiger partial charge on any atom is -0.482 e. The first-order valence-electron chi connectivity index (χ1n) is 6.97. The van der Waals surface area contributed by atoms with Crippen molar-refractivity contribution in [3.05, 3.63) is 46.9 Å². The number of rotatable bonds is 7. The van der Waals surface area contributed by atoms with Crippen LogP contribution in [0.4, 0.5) is 4.39 Å². The molecule has 1 heterocycles. The number of halogens is 2. The molecule has 0 radical (unpaired) electrons. The number of nitrogens with zero attached hydrogens (tertiary/aromatic N) is 1. The summed E-state index contributed by atoms with van der Waals surface area (Å²) in [5.41, 5.74) is 0.0840. The van der Waals surface area contributed by atoms with Crippen molar-refractivity contribution < 1.29 is 23.4 Å². The number of carbonyl (C=O) groups excluding carboxylic acids is 1. The third-order valence-electron chi connectivity index (χ3n) is 3.08. The third kappa shape index (κ3) is 4.67. The number of oxazole rings is 1. The Hall–Kier alpha value is -2.12. The Kier molecular flexibility index (Phi) is 5.95. The highest BCUT2D eigenvalue weighted by Gasteiger charge is 2.16. The maximum atomic E-state index is 12.9. The molecule has 0 bridgehead atoms. The molecule has 0 spiro atoms. The highest BCUT2D eigenvalue weighted by atomic mass is 35.5. The lowest BCUT2D eigenvalue weighted by atomic mass is 10.2. The first-order valence-corrected chi connectivity index (χ1v) is 7.35. The van der Waals surface area contributed by atoms with Gasteiger partial charge in [-0.25, -0.2) is 9.37 Å². The largest absolute Gasteiger partial charge is 0.482 e. The lowest BCUT2D eigenvalue weighted by molar-refractivity contribution is 0.0909. The van der Waals surface area contributed by atoms with Crippen molar-refractivity contribution in [2.45, 2.75) is 26.0 Å². The van der Waals surface area contributed by atoms with E-state index in [0.717, 1.165) is 6.07 Å². The highest BCUT2D eigenvalue weighted by molar-refractivity contribution is 6.32. The normalized spacial score (nSPS) is 12.0. The minimum atomic E-state index is -0.466. The number of benzene rings is 1. The molecule has 8 heteroatoms. The molecule has 1 atom stereocenters. The Balaban J connectivity index is 1.95. The van der Waals surface area contributed by atoms with Crippen LogP contribution in [0.15, 0.2) is 28.9 Å². The molecule has 1 aromatic carbocycles. The van der Waals surface area contributed by atoms with Crippen LogP contribution < -0.4 is 10.1 Å². The Bertz CT molecular complexity index is 673. The summed E-state index contributed by atoms with van der Waals surface area (Å²) in [4.78, 5) is 15.9. The van der Waals surface area contributed by atoms with Crippen molar-refractivity contribution in [3.63, 3.8) is 0 Å². The maximum absolute atomic E-state index is 12.9. The topological polar surface area (TPSA) is 84.6 Å². The average Bonchev–Trinajstić information content (AvgIpc) is 3.00. The molecule has 0 aliphatic carbocycles. The smallest absolute Gasteiger partial charge is 0.273 e. The van der Waals surface area contributed by atoms with Crippen molar-refractivity contribution >= 4 is 17.5 Å². The lowest BCUT2D eigenvalue weighted by Crippen LogP contribution is -2.37. The Labute approximate surface area is 137 Å². The van der Waals surface area contributed by atoms with E-state index in [2.05, 4.69) is 10.3 Å². The first-order chi connectivity index (χ1) is 11.0. The number of aliphatic hydroxyl groups is 1. The van der Waals surface area contributed by atoms with Crippen LogP contribution in [0, 0.1) is 5.82 Å². The molecule has 0 aliphatic heterocycles. The van der Waals surface area contributed by atoms with Crippen LogP contribution in [-0.4, -0.2) is 28.6 Å². The predicted octanol–water partition coefficient (Wildman–Crippen LogP) is 2.55. The van der Waals surface area contributed by atoms with Crippen LogP contribution in [0.5, 0.6) is 5.75 Å². The van der Waals surface area contributed by atoms with Gasteiger partial charge in [-0.3, -0.25) is 4.79 Å². The Morgan fingerprint density at radius 2 is 2.35 bits per heavy atom. The number of aliphatic hydroxyl groups excluding tert-OH is 1. The predicted molar refractivity (Wildman–Crippen MR) is 80.9 cm³/mol. The van der Waals surface area contributed by atoms with Crippen LogP contribution in [0.25, 0.3) is 0 Å². The Morgan fingerprint density at radius 1 is 1.57 bits per heavy atom. The average molecular weight is 343 g/mol. The van der Waals surface area contributed by atoms with Gasteiger partial charge in [-0.05, 0) is 24.6 Å². The van der Waals surface area contributed by atoms with Gasteiger partial charge in [-0.1, -0.05) is 18.5 Å². The molecule has 6 nitrogen and oxygen atoms in total. The van der Waals surface area contributed by atoms with E-state index >= 15 is 0 Å². The van der Waals surface area contributed by atoms with Crippen molar-refractivity contribution in [3.8, 4) is 5.75 Å². The minimum absolute atomic E-state index is 0.0597. The molecule has 23 heavy (non-hydrogen) atoms. The number of hydrogen-bond acceptors (Lipinski definition) is 5. The second-order valence-corrected chi connectivity index (χ2v) is 5.16. The molecule has 0 saturated heterocycles. The molecular weight excluding hydrogens is 327 g/mol. The quantitative estimate of drug-likeness (QED) is 0.807. The summed E-state index contributed by atoms with van der Waals surface area (Å²) < 4.78 is 23.4. The first kappa shape index (κ1) is 17.2. The van der Waals surface area contributed by atoms with Gasteiger partial charge in [0.25, 0.3) is 5.91 Å². The van der Waals surface area contributed by atoms with Crippen molar-refractivity contribution in [1.29, 1.82) is 0 Å². The SMILES string of the molecule is CC[C@@H](CO)NC(=O)c1coc(COc2ccc(F)cc2Cl)n1. The van der Waals surface area contributed by atoms with Crippen molar-refractivity contribution in [2.75, 3.05) is 6.61 Å². The van der Waals surface area contributed by atoms with Crippen LogP contribution in [0.2, 0.25) is 5.02 Å². The summed E-state index contributed by atoms with van der Waals surface area (Å²) >= 11 is 5.84. The molecule has 2 N–H and O–H groups in total. The van der Waals surface area contributed by atoms with E-state index in [9.17, 15) is 9.18 Å². The van der Waals surface area contributed by atoms with Gasteiger partial charge in [-0.15, -0.1) is 0 Å². The summed E-state index contributed by atoms with van der Waals surface area (Å²) in [5, 5.41) is 11.8. The standard InChI is InChI=1S/C15H16ClFN2O4/c1-2-10(6-20)18-15(21)12-7-23-14(19-12)8-22-13-4-3-9(17)5-11(13)16/h3-5,7,10,20H,2,6,8H2,1H3,(H,18,21)/t10-/m0/s1. The van der Waals surface area contributed by atoms with E-state index in [1.807, 2.05) is 6.92 Å². The van der Waals surface area contributed by atoms with Gasteiger partial charge < -0.3 is 19.6 Å². The molecule has 1 amide bonds. The summed E-state index contributed by atoms with van der Waals surface area (Å²) in [6.45, 7) is 1.63. The van der Waals surface area contributed by atoms with Crippen molar-refractivity contribution in [2.24, 2.45) is 0 Å². The zero-order chi connectivity index (χ0) is 16.8. The van der Waals surface area contributed by atoms with E-state index in [-0.39, 0.29) is 41.6 Å². The summed E-state index contributed by atoms with van der Waals surface area (Å²) in [7, 11) is 0. The lowest BCUT2D eigenvalue weighted by Gasteiger charge is -2.12. The summed E-state index contributed by atoms with van der Waals surface area (Å²) in [6.07, 6.45) is 1.80. The fraction of sp³-hybridized carbons (Fsp3) is 0.333. The van der Waals surface area contributed by atoms with Crippen LogP contribution in [0.3, 0.4) is 0 Å². The van der Waals surface area contributed by atoms with Crippen LogP contribution >= 0.6 is 11.6 Å². The van der Waals surface area contributed by atoms with Gasteiger partial charge in [0.1, 0.15) is 17.8 Å². The molecule has 0 unspecified atom stereocenters. The van der Waals surface area contributed by atoms with Gasteiger partial charge in [0.05, 0.1) is 17.7 Å². The van der Waals surface area contributed by atoms with Crippen LogP contribution in [0.1, 0.15) is 29.7 Å². The van der Waals surface area contributed by atoms with Gasteiger partial charge in [0.2, 0.25) is 5.89 Å². The van der Waals surface area contributed by atoms with Crippen molar-refractivity contribution in [1.82, 2.24) is 10.3 Å². The number of carbonyl (C=O) groups is 1. The summed E-state index contributed by atoms with van der Waals surface area (Å²) in [5.74, 6) is -0.455. The van der Waals surface area contributed by atoms with E-state index < -0.39 is 11.7 Å². The highest BCUT2D eigenvalue weighted by Crippen LogP contribution is 2.25. The van der Waals surface area contributed by atoms with E-state index in [1.54, 1.807) is 0 Å². The number of amides is 1. The second-order valence-electron chi connectivity index (χ2n) is 4.75. The number of aromatic nitrogens is 1. The van der Waals surface area contributed by atoms with E-state index in [0.29, 0.717) is 6.42 Å². The third-order valence-corrected chi connectivity index (χ3v) is 3.37. The summed E-state index contributed by atoms with van der Waals surface area (Å²) in [6, 6.07) is 3.40.